The maximum atomic E-state index is 9.98. The summed E-state index contributed by atoms with van der Waals surface area (Å²) in [6.07, 6.45) is 2.58. The number of anilines is 1. The van der Waals surface area contributed by atoms with Crippen LogP contribution >= 0.6 is 11.3 Å². The second kappa shape index (κ2) is 4.71. The normalized spacial score (nSPS) is 18.4. The lowest BCUT2D eigenvalue weighted by atomic mass is 10.0. The number of hydrogen-bond acceptors (Lipinski definition) is 4. The molecule has 2 aromatic rings. The second-order valence-corrected chi connectivity index (χ2v) is 5.60. The van der Waals surface area contributed by atoms with Crippen molar-refractivity contribution in [3.63, 3.8) is 0 Å². The van der Waals surface area contributed by atoms with E-state index in [4.69, 9.17) is 0 Å². The number of nitrogens with one attached hydrogen (secondary N) is 1. The van der Waals surface area contributed by atoms with E-state index in [0.29, 0.717) is 0 Å². The van der Waals surface area contributed by atoms with Gasteiger partial charge in [-0.2, -0.15) is 0 Å². The molecule has 0 saturated carbocycles. The number of aromatic nitrogens is 1. The first-order valence-corrected chi connectivity index (χ1v) is 7.05. The van der Waals surface area contributed by atoms with Gasteiger partial charge in [0.05, 0.1) is 16.7 Å². The van der Waals surface area contributed by atoms with Crippen molar-refractivity contribution in [3.8, 4) is 10.6 Å². The molecule has 1 unspecified atom stereocenters. The van der Waals surface area contributed by atoms with Crippen LogP contribution in [0.5, 0.6) is 0 Å². The van der Waals surface area contributed by atoms with E-state index >= 15 is 0 Å². The Bertz CT molecular complexity index is 565. The molecule has 0 fully saturated rings. The third-order valence-electron chi connectivity index (χ3n) is 3.32. The van der Waals surface area contributed by atoms with E-state index in [1.165, 1.54) is 0 Å². The first-order chi connectivity index (χ1) is 8.78. The van der Waals surface area contributed by atoms with E-state index in [2.05, 4.69) is 22.4 Å². The van der Waals surface area contributed by atoms with E-state index in [1.54, 1.807) is 11.3 Å². The number of fused-ring (bicyclic) bond motifs is 1. The van der Waals surface area contributed by atoms with Crippen molar-refractivity contribution in [3.05, 3.63) is 34.8 Å². The molecule has 18 heavy (non-hydrogen) atoms. The average Bonchev–Trinajstić information content (AvgIpc) is 2.84. The Hall–Kier alpha value is -1.39. The van der Waals surface area contributed by atoms with Crippen molar-refractivity contribution in [1.82, 2.24) is 4.98 Å². The smallest absolute Gasteiger partial charge is 0.124 e. The molecule has 0 amide bonds. The fraction of sp³-hybridized carbons (Fsp3) is 0.357. The third-order valence-corrected chi connectivity index (χ3v) is 4.57. The molecule has 0 spiro atoms. The molecule has 3 rings (SSSR count). The van der Waals surface area contributed by atoms with Gasteiger partial charge in [0.15, 0.2) is 0 Å². The predicted molar refractivity (Wildman–Crippen MR) is 75.0 cm³/mol. The Morgan fingerprint density at radius 2 is 2.33 bits per heavy atom. The summed E-state index contributed by atoms with van der Waals surface area (Å²) < 4.78 is 0. The van der Waals surface area contributed by atoms with Crippen LogP contribution in [0.1, 0.15) is 29.5 Å². The van der Waals surface area contributed by atoms with Gasteiger partial charge < -0.3 is 10.4 Å². The van der Waals surface area contributed by atoms with Gasteiger partial charge in [-0.15, -0.1) is 11.3 Å². The summed E-state index contributed by atoms with van der Waals surface area (Å²) >= 11 is 1.63. The fourth-order valence-electron chi connectivity index (χ4n) is 2.33. The van der Waals surface area contributed by atoms with Crippen LogP contribution < -0.4 is 5.32 Å². The van der Waals surface area contributed by atoms with Gasteiger partial charge in [0, 0.05) is 18.3 Å². The van der Waals surface area contributed by atoms with Crippen LogP contribution in [0.3, 0.4) is 0 Å². The molecule has 1 aromatic carbocycles. The van der Waals surface area contributed by atoms with Gasteiger partial charge in [0.25, 0.3) is 0 Å². The molecule has 94 valence electrons. The Morgan fingerprint density at radius 3 is 3.11 bits per heavy atom. The maximum absolute atomic E-state index is 9.98. The lowest BCUT2D eigenvalue weighted by molar-refractivity contribution is 0.160. The maximum Gasteiger partial charge on any atom is 0.124 e. The Kier molecular flexibility index (Phi) is 3.06. The highest BCUT2D eigenvalue weighted by Gasteiger charge is 2.23. The molecule has 1 heterocycles. The molecule has 1 aromatic heterocycles. The van der Waals surface area contributed by atoms with Gasteiger partial charge in [-0.1, -0.05) is 12.1 Å². The number of aliphatic hydroxyl groups is 1. The van der Waals surface area contributed by atoms with Crippen molar-refractivity contribution in [2.75, 3.05) is 12.4 Å². The van der Waals surface area contributed by atoms with Crippen molar-refractivity contribution < 1.29 is 5.11 Å². The van der Waals surface area contributed by atoms with Gasteiger partial charge in [-0.25, -0.2) is 4.98 Å². The molecule has 0 bridgehead atoms. The molecule has 1 atom stereocenters. The Labute approximate surface area is 111 Å². The molecule has 0 aliphatic heterocycles. The Morgan fingerprint density at radius 1 is 1.44 bits per heavy atom. The van der Waals surface area contributed by atoms with Crippen LogP contribution in [0.2, 0.25) is 0 Å². The van der Waals surface area contributed by atoms with Crippen LogP contribution in [0.4, 0.5) is 5.69 Å². The topological polar surface area (TPSA) is 45.2 Å². The highest BCUT2D eigenvalue weighted by molar-refractivity contribution is 7.15. The molecular formula is C14H16N2OS. The zero-order valence-electron chi connectivity index (χ0n) is 10.3. The minimum atomic E-state index is -0.313. The zero-order valence-corrected chi connectivity index (χ0v) is 11.1. The highest BCUT2D eigenvalue weighted by Crippen LogP contribution is 2.38. The standard InChI is InChI=1S/C14H16N2OS/c1-15-10-5-2-4-9(8-10)14-16-11-6-3-7-12(17)13(11)18-14/h2,4-5,8,12,15,17H,3,6-7H2,1H3. The zero-order chi connectivity index (χ0) is 12.5. The summed E-state index contributed by atoms with van der Waals surface area (Å²) in [5, 5.41) is 14.1. The Balaban J connectivity index is 2.01. The van der Waals surface area contributed by atoms with E-state index < -0.39 is 0 Å². The van der Waals surface area contributed by atoms with Crippen LogP contribution in [0.25, 0.3) is 10.6 Å². The quantitative estimate of drug-likeness (QED) is 0.871. The fourth-order valence-corrected chi connectivity index (χ4v) is 3.46. The average molecular weight is 260 g/mol. The number of aliphatic hydroxyl groups excluding tert-OH is 1. The van der Waals surface area contributed by atoms with Gasteiger partial charge >= 0.3 is 0 Å². The SMILES string of the molecule is CNc1cccc(-c2nc3c(s2)C(O)CCC3)c1. The van der Waals surface area contributed by atoms with E-state index in [1.807, 2.05) is 19.2 Å². The van der Waals surface area contributed by atoms with E-state index in [9.17, 15) is 5.11 Å². The number of nitrogens with zero attached hydrogens (tertiary/aromatic N) is 1. The summed E-state index contributed by atoms with van der Waals surface area (Å²) in [5.74, 6) is 0. The summed E-state index contributed by atoms with van der Waals surface area (Å²) in [4.78, 5) is 5.74. The van der Waals surface area contributed by atoms with Crippen LogP contribution in [-0.4, -0.2) is 17.1 Å². The number of benzene rings is 1. The first-order valence-electron chi connectivity index (χ1n) is 6.24. The summed E-state index contributed by atoms with van der Waals surface area (Å²) in [6, 6.07) is 8.22. The number of hydrogen-bond donors (Lipinski definition) is 2. The second-order valence-electron chi connectivity index (χ2n) is 4.57. The lowest BCUT2D eigenvalue weighted by Gasteiger charge is -2.14. The minimum Gasteiger partial charge on any atom is -0.388 e. The van der Waals surface area contributed by atoms with E-state index in [-0.39, 0.29) is 6.10 Å². The molecule has 4 heteroatoms. The van der Waals surface area contributed by atoms with Crippen molar-refractivity contribution >= 4 is 17.0 Å². The van der Waals surface area contributed by atoms with Crippen LogP contribution in [0.15, 0.2) is 24.3 Å². The van der Waals surface area contributed by atoms with Gasteiger partial charge in [-0.3, -0.25) is 0 Å². The monoisotopic (exact) mass is 260 g/mol. The predicted octanol–water partition coefficient (Wildman–Crippen LogP) is 3.22. The molecule has 0 radical (unpaired) electrons. The number of thiazole rings is 1. The van der Waals surface area contributed by atoms with Gasteiger partial charge in [-0.05, 0) is 31.4 Å². The van der Waals surface area contributed by atoms with Crippen molar-refractivity contribution in [1.29, 1.82) is 0 Å². The number of aryl methyl sites for hydroxylation is 1. The summed E-state index contributed by atoms with van der Waals surface area (Å²) in [6.45, 7) is 0. The minimum absolute atomic E-state index is 0.313. The van der Waals surface area contributed by atoms with Crippen molar-refractivity contribution in [2.24, 2.45) is 0 Å². The molecule has 0 saturated heterocycles. The molecule has 3 nitrogen and oxygen atoms in total. The summed E-state index contributed by atoms with van der Waals surface area (Å²) in [5.41, 5.74) is 3.29. The molecule has 2 N–H and O–H groups in total. The highest BCUT2D eigenvalue weighted by atomic mass is 32.1. The van der Waals surface area contributed by atoms with Crippen LogP contribution in [-0.2, 0) is 6.42 Å². The van der Waals surface area contributed by atoms with Crippen molar-refractivity contribution in [2.45, 2.75) is 25.4 Å². The van der Waals surface area contributed by atoms with Crippen LogP contribution in [0, 0.1) is 0 Å². The molecule has 1 aliphatic rings. The van der Waals surface area contributed by atoms with Gasteiger partial charge in [0.2, 0.25) is 0 Å². The number of rotatable bonds is 2. The first kappa shape index (κ1) is 11.7. The van der Waals surface area contributed by atoms with Gasteiger partial charge in [0.1, 0.15) is 5.01 Å². The third kappa shape index (κ3) is 2.02. The molecule has 1 aliphatic carbocycles. The van der Waals surface area contributed by atoms with E-state index in [0.717, 1.165) is 46.1 Å². The lowest BCUT2D eigenvalue weighted by Crippen LogP contribution is -2.06. The summed E-state index contributed by atoms with van der Waals surface area (Å²) in [7, 11) is 1.91. The molecular weight excluding hydrogens is 244 g/mol. The largest absolute Gasteiger partial charge is 0.388 e.